The number of pyridine rings is 1. The number of carbonyl (C=O) groups excluding carboxylic acids is 1. The molecule has 0 aliphatic rings. The van der Waals surface area contributed by atoms with Crippen molar-refractivity contribution in [3.8, 4) is 0 Å². The van der Waals surface area contributed by atoms with Crippen LogP contribution < -0.4 is 10.2 Å². The van der Waals surface area contributed by atoms with Crippen molar-refractivity contribution in [2.24, 2.45) is 0 Å². The molecule has 0 aliphatic heterocycles. The minimum absolute atomic E-state index is 0.173. The summed E-state index contributed by atoms with van der Waals surface area (Å²) in [5, 5.41) is 5.19. The lowest BCUT2D eigenvalue weighted by atomic mass is 10.1. The second kappa shape index (κ2) is 5.56. The van der Waals surface area contributed by atoms with Crippen LogP contribution in [0, 0.1) is 0 Å². The highest BCUT2D eigenvalue weighted by Gasteiger charge is 2.13. The second-order valence-electron chi connectivity index (χ2n) is 4.22. The van der Waals surface area contributed by atoms with Gasteiger partial charge in [-0.2, -0.15) is 0 Å². The molecule has 0 spiro atoms. The fourth-order valence-electron chi connectivity index (χ4n) is 2.01. The topological polar surface area (TPSA) is 54.5 Å². The van der Waals surface area contributed by atoms with Crippen LogP contribution in [0.4, 0.5) is 11.5 Å². The Morgan fingerprint density at radius 1 is 1.37 bits per heavy atom. The van der Waals surface area contributed by atoms with Crippen molar-refractivity contribution in [2.45, 2.75) is 0 Å². The van der Waals surface area contributed by atoms with Crippen LogP contribution in [0.5, 0.6) is 0 Å². The highest BCUT2D eigenvalue weighted by Crippen LogP contribution is 2.29. The number of benzene rings is 1. The number of rotatable bonds is 4. The maximum absolute atomic E-state index is 11.4. The van der Waals surface area contributed by atoms with Gasteiger partial charge < -0.3 is 15.0 Å². The van der Waals surface area contributed by atoms with E-state index in [-0.39, 0.29) is 12.5 Å². The summed E-state index contributed by atoms with van der Waals surface area (Å²) >= 11 is 0. The zero-order valence-corrected chi connectivity index (χ0v) is 11.3. The summed E-state index contributed by atoms with van der Waals surface area (Å²) in [5.74, 6) is 0.478. The van der Waals surface area contributed by atoms with Gasteiger partial charge in [-0.25, -0.2) is 4.98 Å². The van der Waals surface area contributed by atoms with Crippen molar-refractivity contribution in [2.75, 3.05) is 38.0 Å². The van der Waals surface area contributed by atoms with E-state index in [9.17, 15) is 4.79 Å². The van der Waals surface area contributed by atoms with E-state index in [1.54, 1.807) is 11.1 Å². The largest absolute Gasteiger partial charge is 0.468 e. The van der Waals surface area contributed by atoms with Gasteiger partial charge in [-0.1, -0.05) is 24.3 Å². The van der Waals surface area contributed by atoms with Crippen molar-refractivity contribution in [3.63, 3.8) is 0 Å². The van der Waals surface area contributed by atoms with E-state index in [1.165, 1.54) is 7.11 Å². The average molecular weight is 259 g/mol. The molecular formula is C14H17N3O2. The summed E-state index contributed by atoms with van der Waals surface area (Å²) < 4.78 is 4.68. The van der Waals surface area contributed by atoms with Crippen LogP contribution >= 0.6 is 0 Å². The molecule has 5 nitrogen and oxygen atoms in total. The minimum Gasteiger partial charge on any atom is -0.468 e. The molecule has 0 saturated heterocycles. The number of hydrogen-bond donors (Lipinski definition) is 1. The van der Waals surface area contributed by atoms with Gasteiger partial charge in [0.05, 0.1) is 19.0 Å². The zero-order valence-electron chi connectivity index (χ0n) is 11.3. The molecule has 1 heterocycles. The number of ether oxygens (including phenoxy) is 1. The van der Waals surface area contributed by atoms with Crippen molar-refractivity contribution < 1.29 is 9.53 Å². The lowest BCUT2D eigenvalue weighted by Crippen LogP contribution is -2.27. The highest BCUT2D eigenvalue weighted by atomic mass is 16.5. The third-order valence-corrected chi connectivity index (χ3v) is 3.00. The number of esters is 1. The Morgan fingerprint density at radius 3 is 2.68 bits per heavy atom. The first-order chi connectivity index (χ1) is 9.17. The first-order valence-electron chi connectivity index (χ1n) is 6.00. The summed E-state index contributed by atoms with van der Waals surface area (Å²) in [6.07, 6.45) is 1.77. The standard InChI is InChI=1S/C14H17N3O2/c1-15-12-8-16-14(17(2)9-13(18)19-3)11-7-5-4-6-10(11)12/h4-8,15H,9H2,1-3H3. The van der Waals surface area contributed by atoms with Crippen LogP contribution in [-0.4, -0.2) is 38.7 Å². The number of carbonyl (C=O) groups is 1. The molecule has 2 rings (SSSR count). The first-order valence-corrected chi connectivity index (χ1v) is 6.00. The molecule has 0 bridgehead atoms. The maximum Gasteiger partial charge on any atom is 0.325 e. The molecule has 0 aliphatic carbocycles. The van der Waals surface area contributed by atoms with E-state index in [1.807, 2.05) is 38.4 Å². The monoisotopic (exact) mass is 259 g/mol. The van der Waals surface area contributed by atoms with Crippen LogP contribution in [0.1, 0.15) is 0 Å². The van der Waals surface area contributed by atoms with E-state index in [0.717, 1.165) is 22.3 Å². The van der Waals surface area contributed by atoms with Crippen LogP contribution in [0.3, 0.4) is 0 Å². The molecule has 1 N–H and O–H groups in total. The predicted octanol–water partition coefficient (Wildman–Crippen LogP) is 1.89. The Morgan fingerprint density at radius 2 is 2.05 bits per heavy atom. The Hall–Kier alpha value is -2.30. The summed E-state index contributed by atoms with van der Waals surface area (Å²) in [5.41, 5.74) is 0.964. The van der Waals surface area contributed by atoms with Gasteiger partial charge >= 0.3 is 5.97 Å². The van der Waals surface area contributed by atoms with Crippen molar-refractivity contribution in [1.29, 1.82) is 0 Å². The van der Waals surface area contributed by atoms with Gasteiger partial charge in [0.15, 0.2) is 0 Å². The highest BCUT2D eigenvalue weighted by molar-refractivity contribution is 6.00. The Balaban J connectivity index is 2.47. The van der Waals surface area contributed by atoms with E-state index in [2.05, 4.69) is 15.0 Å². The molecule has 0 amide bonds. The van der Waals surface area contributed by atoms with Gasteiger partial charge in [0.1, 0.15) is 12.4 Å². The molecule has 100 valence electrons. The third-order valence-electron chi connectivity index (χ3n) is 3.00. The molecule has 1 aromatic heterocycles. The van der Waals surface area contributed by atoms with E-state index in [4.69, 9.17) is 0 Å². The molecule has 0 radical (unpaired) electrons. The molecule has 1 aromatic carbocycles. The Labute approximate surface area is 112 Å². The van der Waals surface area contributed by atoms with Gasteiger partial charge in [-0.05, 0) is 0 Å². The Kier molecular flexibility index (Phi) is 3.85. The molecule has 5 heteroatoms. The molecule has 0 fully saturated rings. The lowest BCUT2D eigenvalue weighted by molar-refractivity contribution is -0.138. The number of anilines is 2. The molecule has 0 atom stereocenters. The number of hydrogen-bond acceptors (Lipinski definition) is 5. The van der Waals surface area contributed by atoms with Crippen molar-refractivity contribution >= 4 is 28.2 Å². The lowest BCUT2D eigenvalue weighted by Gasteiger charge is -2.19. The number of likely N-dealkylation sites (N-methyl/N-ethyl adjacent to an activating group) is 1. The minimum atomic E-state index is -0.286. The van der Waals surface area contributed by atoms with Gasteiger partial charge in [0.2, 0.25) is 0 Å². The predicted molar refractivity (Wildman–Crippen MR) is 76.6 cm³/mol. The smallest absolute Gasteiger partial charge is 0.325 e. The number of aromatic nitrogens is 1. The zero-order chi connectivity index (χ0) is 13.8. The van der Waals surface area contributed by atoms with Crippen LogP contribution in [0.2, 0.25) is 0 Å². The third kappa shape index (κ3) is 2.59. The van der Waals surface area contributed by atoms with E-state index < -0.39 is 0 Å². The number of nitrogens with one attached hydrogen (secondary N) is 1. The maximum atomic E-state index is 11.4. The SMILES string of the molecule is CNc1cnc(N(C)CC(=O)OC)c2ccccc12. The first kappa shape index (κ1) is 13.1. The van der Waals surface area contributed by atoms with Crippen molar-refractivity contribution in [1.82, 2.24) is 4.98 Å². The number of methoxy groups -OCH3 is 1. The fraction of sp³-hybridized carbons (Fsp3) is 0.286. The Bertz CT molecular complexity index is 598. The van der Waals surface area contributed by atoms with Crippen molar-refractivity contribution in [3.05, 3.63) is 30.5 Å². The quantitative estimate of drug-likeness (QED) is 0.850. The summed E-state index contributed by atoms with van der Waals surface area (Å²) in [7, 11) is 5.07. The number of nitrogens with zero attached hydrogens (tertiary/aromatic N) is 2. The van der Waals surface area contributed by atoms with Crippen LogP contribution in [0.15, 0.2) is 30.5 Å². The van der Waals surface area contributed by atoms with Gasteiger partial charge in [0, 0.05) is 24.9 Å². The summed E-state index contributed by atoms with van der Waals surface area (Å²) in [6, 6.07) is 7.96. The summed E-state index contributed by atoms with van der Waals surface area (Å²) in [6.45, 7) is 0.173. The molecule has 0 unspecified atom stereocenters. The fourth-order valence-corrected chi connectivity index (χ4v) is 2.01. The van der Waals surface area contributed by atoms with Crippen LogP contribution in [0.25, 0.3) is 10.8 Å². The van der Waals surface area contributed by atoms with Gasteiger partial charge in [-0.15, -0.1) is 0 Å². The normalized spacial score (nSPS) is 10.3. The average Bonchev–Trinajstić information content (AvgIpc) is 2.45. The summed E-state index contributed by atoms with van der Waals surface area (Å²) in [4.78, 5) is 17.6. The van der Waals surface area contributed by atoms with E-state index >= 15 is 0 Å². The number of fused-ring (bicyclic) bond motifs is 1. The van der Waals surface area contributed by atoms with Gasteiger partial charge in [0.25, 0.3) is 0 Å². The van der Waals surface area contributed by atoms with Gasteiger partial charge in [-0.3, -0.25) is 4.79 Å². The van der Waals surface area contributed by atoms with E-state index in [0.29, 0.717) is 0 Å². The second-order valence-corrected chi connectivity index (χ2v) is 4.22. The molecule has 0 saturated carbocycles. The molecule has 2 aromatic rings. The molecular weight excluding hydrogens is 242 g/mol. The molecule has 19 heavy (non-hydrogen) atoms. The van der Waals surface area contributed by atoms with Crippen LogP contribution in [-0.2, 0) is 9.53 Å².